The van der Waals surface area contributed by atoms with Crippen molar-refractivity contribution in [3.8, 4) is 5.75 Å². The molecule has 1 aliphatic heterocycles. The molecule has 8 heteroatoms. The van der Waals surface area contributed by atoms with Gasteiger partial charge in [0.1, 0.15) is 11.6 Å². The van der Waals surface area contributed by atoms with Gasteiger partial charge in [0.25, 0.3) is 5.91 Å². The number of hydrazone groups is 1. The first-order chi connectivity index (χ1) is 16.5. The molecule has 0 atom stereocenters. The number of rotatable bonds is 7. The van der Waals surface area contributed by atoms with Gasteiger partial charge in [-0.05, 0) is 66.2 Å². The molecular formula is C26H26BrFN4O2. The van der Waals surface area contributed by atoms with Gasteiger partial charge in [-0.2, -0.15) is 5.10 Å². The summed E-state index contributed by atoms with van der Waals surface area (Å²) in [5.41, 5.74) is 6.07. The largest absolute Gasteiger partial charge is 0.496 e. The highest BCUT2D eigenvalue weighted by atomic mass is 79.9. The molecule has 0 aromatic heterocycles. The maximum atomic E-state index is 13.2. The Labute approximate surface area is 207 Å². The van der Waals surface area contributed by atoms with Gasteiger partial charge in [0.05, 0.1) is 13.3 Å². The van der Waals surface area contributed by atoms with Crippen LogP contribution in [0.4, 0.5) is 10.1 Å². The number of amides is 1. The third-order valence-corrected chi connectivity index (χ3v) is 6.22. The van der Waals surface area contributed by atoms with Gasteiger partial charge in [-0.25, -0.2) is 9.82 Å². The molecule has 34 heavy (non-hydrogen) atoms. The number of hydrogen-bond acceptors (Lipinski definition) is 5. The predicted octanol–water partition coefficient (Wildman–Crippen LogP) is 4.68. The van der Waals surface area contributed by atoms with Crippen molar-refractivity contribution in [2.24, 2.45) is 5.10 Å². The van der Waals surface area contributed by atoms with E-state index in [2.05, 4.69) is 36.3 Å². The lowest BCUT2D eigenvalue weighted by Crippen LogP contribution is -2.46. The predicted molar refractivity (Wildman–Crippen MR) is 136 cm³/mol. The number of nitrogens with one attached hydrogen (secondary N) is 1. The van der Waals surface area contributed by atoms with E-state index >= 15 is 0 Å². The van der Waals surface area contributed by atoms with Crippen molar-refractivity contribution in [3.05, 3.63) is 93.7 Å². The average molecular weight is 525 g/mol. The SMILES string of the molecule is COc1ccc(C=NNC(=O)c2cccc(Br)c2)cc1CN1CCN(c2ccc(F)cc2)CC1. The van der Waals surface area contributed by atoms with Crippen molar-refractivity contribution >= 4 is 33.7 Å². The number of piperazine rings is 1. The lowest BCUT2D eigenvalue weighted by Gasteiger charge is -2.36. The summed E-state index contributed by atoms with van der Waals surface area (Å²) in [5.74, 6) is 0.326. The number of hydrogen-bond donors (Lipinski definition) is 1. The van der Waals surface area contributed by atoms with Crippen molar-refractivity contribution in [2.45, 2.75) is 6.54 Å². The number of benzene rings is 3. The Morgan fingerprint density at radius 2 is 1.85 bits per heavy atom. The molecule has 0 spiro atoms. The third-order valence-electron chi connectivity index (χ3n) is 5.73. The van der Waals surface area contributed by atoms with E-state index in [1.165, 1.54) is 12.1 Å². The van der Waals surface area contributed by atoms with Gasteiger partial charge in [-0.15, -0.1) is 0 Å². The van der Waals surface area contributed by atoms with Crippen molar-refractivity contribution in [1.82, 2.24) is 10.3 Å². The minimum absolute atomic E-state index is 0.217. The first-order valence-electron chi connectivity index (χ1n) is 11.0. The second-order valence-corrected chi connectivity index (χ2v) is 8.94. The number of ether oxygens (including phenoxy) is 1. The normalized spacial score (nSPS) is 14.4. The third kappa shape index (κ3) is 6.21. The van der Waals surface area contributed by atoms with Crippen LogP contribution in [0.5, 0.6) is 5.75 Å². The fourth-order valence-electron chi connectivity index (χ4n) is 3.92. The van der Waals surface area contributed by atoms with Crippen LogP contribution in [0.3, 0.4) is 0 Å². The van der Waals surface area contributed by atoms with Gasteiger partial charge in [-0.1, -0.05) is 22.0 Å². The molecule has 0 saturated carbocycles. The summed E-state index contributed by atoms with van der Waals surface area (Å²) in [7, 11) is 1.66. The maximum absolute atomic E-state index is 13.2. The molecule has 6 nitrogen and oxygen atoms in total. The molecule has 1 amide bonds. The van der Waals surface area contributed by atoms with Crippen LogP contribution in [0.15, 0.2) is 76.3 Å². The monoisotopic (exact) mass is 524 g/mol. The summed E-state index contributed by atoms with van der Waals surface area (Å²) in [4.78, 5) is 16.9. The van der Waals surface area contributed by atoms with Gasteiger partial charge < -0.3 is 9.64 Å². The number of carbonyl (C=O) groups excluding carboxylic acids is 1. The molecule has 1 fully saturated rings. The lowest BCUT2D eigenvalue weighted by molar-refractivity contribution is 0.0955. The van der Waals surface area contributed by atoms with Gasteiger partial charge in [0, 0.05) is 54.0 Å². The second kappa shape index (κ2) is 11.3. The number of methoxy groups -OCH3 is 1. The molecule has 0 bridgehead atoms. The molecule has 3 aromatic carbocycles. The molecule has 1 N–H and O–H groups in total. The van der Waals surface area contributed by atoms with Crippen LogP contribution >= 0.6 is 15.9 Å². The Bertz CT molecular complexity index is 1160. The van der Waals surface area contributed by atoms with Crippen LogP contribution in [-0.4, -0.2) is 50.3 Å². The zero-order chi connectivity index (χ0) is 23.9. The molecule has 0 unspecified atom stereocenters. The molecular weight excluding hydrogens is 499 g/mol. The Morgan fingerprint density at radius 1 is 1.09 bits per heavy atom. The molecule has 1 heterocycles. The Morgan fingerprint density at radius 3 is 2.56 bits per heavy atom. The summed E-state index contributed by atoms with van der Waals surface area (Å²) in [6, 6.07) is 19.6. The highest BCUT2D eigenvalue weighted by Crippen LogP contribution is 2.23. The minimum Gasteiger partial charge on any atom is -0.496 e. The standard InChI is InChI=1S/C26H26BrFN4O2/c1-34-25-10-5-19(17-29-30-26(33)20-3-2-4-22(27)16-20)15-21(25)18-31-11-13-32(14-12-31)24-8-6-23(28)7-9-24/h2-10,15-17H,11-14,18H2,1H3,(H,30,33). The van der Waals surface area contributed by atoms with Crippen LogP contribution < -0.4 is 15.1 Å². The van der Waals surface area contributed by atoms with Crippen LogP contribution in [0.1, 0.15) is 21.5 Å². The van der Waals surface area contributed by atoms with Gasteiger partial charge in [-0.3, -0.25) is 9.69 Å². The van der Waals surface area contributed by atoms with E-state index in [9.17, 15) is 9.18 Å². The summed E-state index contributed by atoms with van der Waals surface area (Å²) in [6.07, 6.45) is 1.63. The number of halogens is 2. The zero-order valence-corrected chi connectivity index (χ0v) is 20.5. The zero-order valence-electron chi connectivity index (χ0n) is 18.9. The molecule has 4 rings (SSSR count). The molecule has 1 aliphatic rings. The van der Waals surface area contributed by atoms with E-state index in [1.807, 2.05) is 36.4 Å². The quantitative estimate of drug-likeness (QED) is 0.360. The van der Waals surface area contributed by atoms with Crippen molar-refractivity contribution < 1.29 is 13.9 Å². The minimum atomic E-state index is -0.273. The summed E-state index contributed by atoms with van der Waals surface area (Å²) in [5, 5.41) is 4.11. The van der Waals surface area contributed by atoms with Crippen LogP contribution in [0, 0.1) is 5.82 Å². The number of anilines is 1. The summed E-state index contributed by atoms with van der Waals surface area (Å²) in [6.45, 7) is 4.27. The molecule has 176 valence electrons. The van der Waals surface area contributed by atoms with E-state index in [0.717, 1.165) is 59.8 Å². The van der Waals surface area contributed by atoms with Gasteiger partial charge in [0.15, 0.2) is 0 Å². The highest BCUT2D eigenvalue weighted by molar-refractivity contribution is 9.10. The van der Waals surface area contributed by atoms with Crippen molar-refractivity contribution in [1.29, 1.82) is 0 Å². The summed E-state index contributed by atoms with van der Waals surface area (Å²) >= 11 is 3.36. The molecule has 1 saturated heterocycles. The molecule has 0 radical (unpaired) electrons. The lowest BCUT2D eigenvalue weighted by atomic mass is 10.1. The first kappa shape index (κ1) is 23.9. The first-order valence-corrected chi connectivity index (χ1v) is 11.8. The smallest absolute Gasteiger partial charge is 0.271 e. The Balaban J connectivity index is 1.36. The van der Waals surface area contributed by atoms with E-state index < -0.39 is 0 Å². The topological polar surface area (TPSA) is 57.2 Å². The van der Waals surface area contributed by atoms with Crippen LogP contribution in [-0.2, 0) is 6.54 Å². The fourth-order valence-corrected chi connectivity index (χ4v) is 4.32. The van der Waals surface area contributed by atoms with Gasteiger partial charge in [0.2, 0.25) is 0 Å². The fraction of sp³-hybridized carbons (Fsp3) is 0.231. The van der Waals surface area contributed by atoms with Crippen LogP contribution in [0.25, 0.3) is 0 Å². The van der Waals surface area contributed by atoms with Crippen molar-refractivity contribution in [3.63, 3.8) is 0 Å². The van der Waals surface area contributed by atoms with Crippen molar-refractivity contribution in [2.75, 3.05) is 38.2 Å². The Hall–Kier alpha value is -3.23. The van der Waals surface area contributed by atoms with Gasteiger partial charge >= 0.3 is 0 Å². The second-order valence-electron chi connectivity index (χ2n) is 8.02. The van der Waals surface area contributed by atoms with E-state index in [4.69, 9.17) is 4.74 Å². The maximum Gasteiger partial charge on any atom is 0.271 e. The van der Waals surface area contributed by atoms with E-state index in [-0.39, 0.29) is 11.7 Å². The average Bonchev–Trinajstić information content (AvgIpc) is 2.85. The number of carbonyl (C=O) groups is 1. The van der Waals surface area contributed by atoms with E-state index in [1.54, 1.807) is 31.5 Å². The highest BCUT2D eigenvalue weighted by Gasteiger charge is 2.19. The van der Waals surface area contributed by atoms with Crippen LogP contribution in [0.2, 0.25) is 0 Å². The molecule has 3 aromatic rings. The molecule has 0 aliphatic carbocycles. The van der Waals surface area contributed by atoms with E-state index in [0.29, 0.717) is 5.56 Å². The number of nitrogens with zero attached hydrogens (tertiary/aromatic N) is 3. The summed E-state index contributed by atoms with van der Waals surface area (Å²) < 4.78 is 19.6. The Kier molecular flexibility index (Phi) is 7.92.